The highest BCUT2D eigenvalue weighted by Gasteiger charge is 2.20. The number of aromatic nitrogens is 2. The Morgan fingerprint density at radius 1 is 1.35 bits per heavy atom. The van der Waals surface area contributed by atoms with Gasteiger partial charge < -0.3 is 15.8 Å². The summed E-state index contributed by atoms with van der Waals surface area (Å²) in [6.07, 6.45) is 0. The average Bonchev–Trinajstić information content (AvgIpc) is 2.71. The van der Waals surface area contributed by atoms with E-state index in [0.717, 1.165) is 5.69 Å². The van der Waals surface area contributed by atoms with Crippen LogP contribution in [0.1, 0.15) is 13.8 Å². The number of nitrogens with one attached hydrogen (secondary N) is 1. The van der Waals surface area contributed by atoms with Gasteiger partial charge in [0, 0.05) is 7.11 Å². The van der Waals surface area contributed by atoms with E-state index in [2.05, 4.69) is 15.6 Å². The SMILES string of the molecule is COCC(C)(C)Nc1ccc(N)c2nonc12. The summed E-state index contributed by atoms with van der Waals surface area (Å²) < 4.78 is 9.86. The molecule has 0 saturated carbocycles. The molecule has 0 unspecified atom stereocenters. The standard InChI is InChI=1S/C11H16N4O2/c1-11(2,6-16-3)13-8-5-4-7(12)9-10(8)15-17-14-9/h4-5,13H,6,12H2,1-3H3. The molecule has 0 radical (unpaired) electrons. The Bertz CT molecular complexity index is 521. The molecule has 6 nitrogen and oxygen atoms in total. The summed E-state index contributed by atoms with van der Waals surface area (Å²) >= 11 is 0. The molecule has 0 aliphatic rings. The summed E-state index contributed by atoms with van der Waals surface area (Å²) in [5.41, 5.74) is 8.15. The number of rotatable bonds is 4. The fourth-order valence-electron chi connectivity index (χ4n) is 1.75. The average molecular weight is 236 g/mol. The van der Waals surface area contributed by atoms with E-state index in [1.807, 2.05) is 19.9 Å². The van der Waals surface area contributed by atoms with Crippen molar-refractivity contribution in [3.05, 3.63) is 12.1 Å². The maximum absolute atomic E-state index is 5.78. The van der Waals surface area contributed by atoms with E-state index in [1.54, 1.807) is 13.2 Å². The largest absolute Gasteiger partial charge is 0.397 e. The lowest BCUT2D eigenvalue weighted by Gasteiger charge is -2.26. The molecule has 2 aromatic rings. The number of hydrogen-bond acceptors (Lipinski definition) is 6. The first-order valence-electron chi connectivity index (χ1n) is 5.31. The van der Waals surface area contributed by atoms with Gasteiger partial charge in [0.05, 0.1) is 23.5 Å². The molecule has 1 heterocycles. The molecule has 0 amide bonds. The molecule has 0 aliphatic carbocycles. The monoisotopic (exact) mass is 236 g/mol. The Morgan fingerprint density at radius 3 is 2.76 bits per heavy atom. The number of methoxy groups -OCH3 is 1. The first-order valence-corrected chi connectivity index (χ1v) is 5.31. The Kier molecular flexibility index (Phi) is 2.89. The van der Waals surface area contributed by atoms with Gasteiger partial charge in [-0.3, -0.25) is 0 Å². The number of benzene rings is 1. The summed E-state index contributed by atoms with van der Waals surface area (Å²) in [5.74, 6) is 0. The van der Waals surface area contributed by atoms with Gasteiger partial charge in [-0.25, -0.2) is 4.63 Å². The highest BCUT2D eigenvalue weighted by Crippen LogP contribution is 2.27. The minimum atomic E-state index is -0.212. The molecule has 3 N–H and O–H groups in total. The second-order valence-corrected chi connectivity index (χ2v) is 4.61. The first-order chi connectivity index (χ1) is 8.03. The van der Waals surface area contributed by atoms with Crippen LogP contribution < -0.4 is 11.1 Å². The van der Waals surface area contributed by atoms with Crippen LogP contribution in [0.3, 0.4) is 0 Å². The number of anilines is 2. The number of nitrogens with zero attached hydrogens (tertiary/aromatic N) is 2. The molecule has 17 heavy (non-hydrogen) atoms. The highest BCUT2D eigenvalue weighted by molar-refractivity contribution is 5.95. The third kappa shape index (κ3) is 2.31. The smallest absolute Gasteiger partial charge is 0.160 e. The van der Waals surface area contributed by atoms with Crippen LogP contribution in [0.2, 0.25) is 0 Å². The van der Waals surface area contributed by atoms with Crippen molar-refractivity contribution in [1.82, 2.24) is 10.3 Å². The molecule has 0 spiro atoms. The van der Waals surface area contributed by atoms with Crippen LogP contribution in [0.4, 0.5) is 11.4 Å². The van der Waals surface area contributed by atoms with Crippen LogP contribution in [-0.4, -0.2) is 29.6 Å². The number of hydrogen-bond donors (Lipinski definition) is 2. The predicted octanol–water partition coefficient (Wildman–Crippen LogP) is 1.64. The predicted molar refractivity (Wildman–Crippen MR) is 65.8 cm³/mol. The lowest BCUT2D eigenvalue weighted by Crippen LogP contribution is -2.35. The van der Waals surface area contributed by atoms with Gasteiger partial charge in [-0.1, -0.05) is 0 Å². The fourth-order valence-corrected chi connectivity index (χ4v) is 1.75. The Balaban J connectivity index is 2.36. The lowest BCUT2D eigenvalue weighted by molar-refractivity contribution is 0.158. The molecule has 1 aromatic heterocycles. The summed E-state index contributed by atoms with van der Waals surface area (Å²) in [7, 11) is 1.67. The summed E-state index contributed by atoms with van der Waals surface area (Å²) in [6.45, 7) is 4.64. The van der Waals surface area contributed by atoms with Crippen molar-refractivity contribution < 1.29 is 9.37 Å². The van der Waals surface area contributed by atoms with Crippen molar-refractivity contribution in [2.75, 3.05) is 24.8 Å². The van der Waals surface area contributed by atoms with Crippen molar-refractivity contribution in [2.45, 2.75) is 19.4 Å². The maximum Gasteiger partial charge on any atom is 0.160 e. The van der Waals surface area contributed by atoms with Crippen LogP contribution in [0.15, 0.2) is 16.8 Å². The van der Waals surface area contributed by atoms with E-state index < -0.39 is 0 Å². The van der Waals surface area contributed by atoms with Gasteiger partial charge in [0.25, 0.3) is 0 Å². The molecule has 0 bridgehead atoms. The summed E-state index contributed by atoms with van der Waals surface area (Å²) in [5, 5.41) is 11.0. The van der Waals surface area contributed by atoms with Gasteiger partial charge in [-0.15, -0.1) is 0 Å². The van der Waals surface area contributed by atoms with Crippen LogP contribution >= 0.6 is 0 Å². The van der Waals surface area contributed by atoms with E-state index in [9.17, 15) is 0 Å². The number of nitrogens with two attached hydrogens (primary N) is 1. The van der Waals surface area contributed by atoms with Crippen molar-refractivity contribution in [3.63, 3.8) is 0 Å². The topological polar surface area (TPSA) is 86.2 Å². The van der Waals surface area contributed by atoms with E-state index >= 15 is 0 Å². The summed E-state index contributed by atoms with van der Waals surface area (Å²) in [6, 6.07) is 3.64. The third-order valence-corrected chi connectivity index (χ3v) is 2.42. The molecule has 2 rings (SSSR count). The third-order valence-electron chi connectivity index (χ3n) is 2.42. The Labute approximate surface area is 99.1 Å². The van der Waals surface area contributed by atoms with E-state index in [-0.39, 0.29) is 5.54 Å². The molecule has 6 heteroatoms. The maximum atomic E-state index is 5.78. The van der Waals surface area contributed by atoms with Gasteiger partial charge in [-0.05, 0) is 36.3 Å². The fraction of sp³-hybridized carbons (Fsp3) is 0.455. The minimum absolute atomic E-state index is 0.212. The Hall–Kier alpha value is -1.82. The first kappa shape index (κ1) is 11.7. The number of ether oxygens (including phenoxy) is 1. The van der Waals surface area contributed by atoms with Gasteiger partial charge >= 0.3 is 0 Å². The molecular weight excluding hydrogens is 220 g/mol. The molecule has 1 aromatic carbocycles. The van der Waals surface area contributed by atoms with Gasteiger partial charge in [-0.2, -0.15) is 0 Å². The normalized spacial score (nSPS) is 11.9. The van der Waals surface area contributed by atoms with Crippen molar-refractivity contribution in [3.8, 4) is 0 Å². The quantitative estimate of drug-likeness (QED) is 0.785. The van der Waals surface area contributed by atoms with E-state index in [1.165, 1.54) is 0 Å². The van der Waals surface area contributed by atoms with Gasteiger partial charge in [0.1, 0.15) is 0 Å². The van der Waals surface area contributed by atoms with Crippen molar-refractivity contribution in [1.29, 1.82) is 0 Å². The highest BCUT2D eigenvalue weighted by atomic mass is 16.6. The Morgan fingerprint density at radius 2 is 2.06 bits per heavy atom. The van der Waals surface area contributed by atoms with Crippen LogP contribution in [0.5, 0.6) is 0 Å². The lowest BCUT2D eigenvalue weighted by atomic mass is 10.1. The zero-order chi connectivity index (χ0) is 12.5. The number of fused-ring (bicyclic) bond motifs is 1. The molecule has 0 atom stereocenters. The van der Waals surface area contributed by atoms with E-state index in [4.69, 9.17) is 15.1 Å². The number of nitrogen functional groups attached to an aromatic ring is 1. The molecule has 0 aliphatic heterocycles. The van der Waals surface area contributed by atoms with Crippen molar-refractivity contribution in [2.24, 2.45) is 0 Å². The molecule has 0 fully saturated rings. The second-order valence-electron chi connectivity index (χ2n) is 4.61. The van der Waals surface area contributed by atoms with Crippen LogP contribution in [0.25, 0.3) is 11.0 Å². The minimum Gasteiger partial charge on any atom is -0.397 e. The molecule has 0 saturated heterocycles. The van der Waals surface area contributed by atoms with Crippen molar-refractivity contribution >= 4 is 22.4 Å². The second kappa shape index (κ2) is 4.21. The zero-order valence-corrected chi connectivity index (χ0v) is 10.2. The summed E-state index contributed by atoms with van der Waals surface area (Å²) in [4.78, 5) is 0. The molecular formula is C11H16N4O2. The zero-order valence-electron chi connectivity index (χ0n) is 10.2. The van der Waals surface area contributed by atoms with E-state index in [0.29, 0.717) is 23.3 Å². The van der Waals surface area contributed by atoms with Crippen LogP contribution in [0, 0.1) is 0 Å². The van der Waals surface area contributed by atoms with Crippen LogP contribution in [-0.2, 0) is 4.74 Å². The van der Waals surface area contributed by atoms with Gasteiger partial charge in [0.2, 0.25) is 0 Å². The molecule has 92 valence electrons. The van der Waals surface area contributed by atoms with Gasteiger partial charge in [0.15, 0.2) is 11.0 Å².